The zero-order valence-corrected chi connectivity index (χ0v) is 13.0. The highest BCUT2D eigenvalue weighted by Gasteiger charge is 2.21. The molecule has 1 aliphatic rings. The van der Waals surface area contributed by atoms with Crippen molar-refractivity contribution in [2.45, 2.75) is 44.8 Å². The highest BCUT2D eigenvalue weighted by molar-refractivity contribution is 6.31. The summed E-state index contributed by atoms with van der Waals surface area (Å²) in [6, 6.07) is 3.30. The van der Waals surface area contributed by atoms with E-state index in [0.29, 0.717) is 16.5 Å². The lowest BCUT2D eigenvalue weighted by Gasteiger charge is -2.26. The van der Waals surface area contributed by atoms with Crippen LogP contribution in [-0.2, 0) is 0 Å². The minimum absolute atomic E-state index is 0.104. The van der Waals surface area contributed by atoms with Crippen LogP contribution in [0.2, 0.25) is 5.02 Å². The van der Waals surface area contributed by atoms with E-state index in [1.807, 2.05) is 6.92 Å². The van der Waals surface area contributed by atoms with Crippen molar-refractivity contribution in [1.82, 2.24) is 5.32 Å². The lowest BCUT2D eigenvalue weighted by molar-refractivity contribution is 0.118. The molecule has 5 nitrogen and oxygen atoms in total. The van der Waals surface area contributed by atoms with Crippen LogP contribution in [0.25, 0.3) is 0 Å². The van der Waals surface area contributed by atoms with E-state index in [1.54, 1.807) is 12.1 Å². The number of benzene rings is 1. The maximum Gasteiger partial charge on any atom is 0.319 e. The fourth-order valence-electron chi connectivity index (χ4n) is 2.49. The monoisotopic (exact) mass is 312 g/mol. The van der Waals surface area contributed by atoms with Crippen LogP contribution >= 0.6 is 11.6 Å². The van der Waals surface area contributed by atoms with Crippen LogP contribution in [0.15, 0.2) is 12.1 Å². The highest BCUT2D eigenvalue weighted by atomic mass is 35.5. The van der Waals surface area contributed by atoms with E-state index < -0.39 is 0 Å². The molecule has 0 saturated heterocycles. The summed E-state index contributed by atoms with van der Waals surface area (Å²) < 4.78 is 5.23. The summed E-state index contributed by atoms with van der Waals surface area (Å²) in [7, 11) is 1.53. The van der Waals surface area contributed by atoms with Crippen molar-refractivity contribution in [3.05, 3.63) is 22.7 Å². The topological polar surface area (TPSA) is 70.6 Å². The standard InChI is InChI=1S/C15H21ClN2O3/c1-9-7-13(14(21-2)8-12(9)16)18-15(20)17-10-3-5-11(19)6-4-10/h7-8,10-11,19H,3-6H2,1-2H3,(H2,17,18,20). The molecule has 2 rings (SSSR count). The number of aliphatic hydroxyl groups is 1. The maximum atomic E-state index is 12.1. The van der Waals surface area contributed by atoms with Crippen molar-refractivity contribution in [1.29, 1.82) is 0 Å². The molecule has 0 radical (unpaired) electrons. The van der Waals surface area contributed by atoms with Gasteiger partial charge < -0.3 is 20.5 Å². The Balaban J connectivity index is 1.98. The van der Waals surface area contributed by atoms with Crippen LogP contribution < -0.4 is 15.4 Å². The second-order valence-corrected chi connectivity index (χ2v) is 5.81. The number of hydrogen-bond acceptors (Lipinski definition) is 3. The summed E-state index contributed by atoms with van der Waals surface area (Å²) >= 11 is 6.04. The lowest BCUT2D eigenvalue weighted by Crippen LogP contribution is -2.40. The number of carbonyl (C=O) groups excluding carboxylic acids is 1. The van der Waals surface area contributed by atoms with Gasteiger partial charge in [0.15, 0.2) is 0 Å². The van der Waals surface area contributed by atoms with Crippen LogP contribution in [0.1, 0.15) is 31.2 Å². The normalized spacial score (nSPS) is 21.7. The Bertz CT molecular complexity index is 514. The van der Waals surface area contributed by atoms with E-state index in [1.165, 1.54) is 7.11 Å². The summed E-state index contributed by atoms with van der Waals surface area (Å²) in [5, 5.41) is 15.8. The summed E-state index contributed by atoms with van der Waals surface area (Å²) in [6.45, 7) is 1.87. The van der Waals surface area contributed by atoms with E-state index >= 15 is 0 Å². The summed E-state index contributed by atoms with van der Waals surface area (Å²) in [4.78, 5) is 12.1. The van der Waals surface area contributed by atoms with Crippen LogP contribution in [0.4, 0.5) is 10.5 Å². The molecule has 1 aliphatic carbocycles. The number of hydrogen-bond donors (Lipinski definition) is 3. The number of aliphatic hydroxyl groups excluding tert-OH is 1. The van der Waals surface area contributed by atoms with Crippen molar-refractivity contribution in [3.8, 4) is 5.75 Å². The van der Waals surface area contributed by atoms with Gasteiger partial charge in [-0.2, -0.15) is 0 Å². The van der Waals surface area contributed by atoms with Gasteiger partial charge in [0.25, 0.3) is 0 Å². The molecule has 3 N–H and O–H groups in total. The first-order valence-corrected chi connectivity index (χ1v) is 7.47. The zero-order chi connectivity index (χ0) is 15.4. The van der Waals surface area contributed by atoms with E-state index in [4.69, 9.17) is 16.3 Å². The fraction of sp³-hybridized carbons (Fsp3) is 0.533. The third-order valence-corrected chi connectivity index (χ3v) is 4.17. The maximum absolute atomic E-state index is 12.1. The van der Waals surface area contributed by atoms with E-state index in [-0.39, 0.29) is 18.2 Å². The highest BCUT2D eigenvalue weighted by Crippen LogP contribution is 2.31. The van der Waals surface area contributed by atoms with Gasteiger partial charge in [-0.3, -0.25) is 0 Å². The third kappa shape index (κ3) is 4.25. The van der Waals surface area contributed by atoms with Gasteiger partial charge in [-0.05, 0) is 44.2 Å². The number of ether oxygens (including phenoxy) is 1. The molecule has 21 heavy (non-hydrogen) atoms. The molecule has 0 heterocycles. The molecular formula is C15H21ClN2O3. The number of methoxy groups -OCH3 is 1. The number of anilines is 1. The second-order valence-electron chi connectivity index (χ2n) is 5.41. The van der Waals surface area contributed by atoms with Gasteiger partial charge in [-0.25, -0.2) is 4.79 Å². The van der Waals surface area contributed by atoms with Gasteiger partial charge in [0, 0.05) is 17.1 Å². The van der Waals surface area contributed by atoms with Crippen LogP contribution in [0.3, 0.4) is 0 Å². The van der Waals surface area contributed by atoms with Crippen LogP contribution in [0.5, 0.6) is 5.75 Å². The molecule has 0 unspecified atom stereocenters. The molecular weight excluding hydrogens is 292 g/mol. The van der Waals surface area contributed by atoms with Gasteiger partial charge in [-0.1, -0.05) is 11.6 Å². The number of urea groups is 1. The van der Waals surface area contributed by atoms with E-state index in [2.05, 4.69) is 10.6 Å². The molecule has 0 atom stereocenters. The Labute approximate surface area is 129 Å². The molecule has 6 heteroatoms. The molecule has 0 aliphatic heterocycles. The first-order chi connectivity index (χ1) is 9.99. The Morgan fingerprint density at radius 3 is 2.62 bits per heavy atom. The van der Waals surface area contributed by atoms with Crippen molar-refractivity contribution in [2.75, 3.05) is 12.4 Å². The van der Waals surface area contributed by atoms with Crippen LogP contribution in [0, 0.1) is 6.92 Å². The van der Waals surface area contributed by atoms with Crippen molar-refractivity contribution >= 4 is 23.3 Å². The van der Waals surface area contributed by atoms with Gasteiger partial charge in [0.1, 0.15) is 5.75 Å². The van der Waals surface area contributed by atoms with Crippen molar-refractivity contribution < 1.29 is 14.6 Å². The Hall–Kier alpha value is -1.46. The summed E-state index contributed by atoms with van der Waals surface area (Å²) in [5.74, 6) is 0.528. The molecule has 0 aromatic heterocycles. The molecule has 0 spiro atoms. The number of nitrogens with one attached hydrogen (secondary N) is 2. The fourth-order valence-corrected chi connectivity index (χ4v) is 2.65. The average Bonchev–Trinajstić information content (AvgIpc) is 2.45. The Kier molecular flexibility index (Phi) is 5.31. The van der Waals surface area contributed by atoms with Gasteiger partial charge in [-0.15, -0.1) is 0 Å². The predicted molar refractivity (Wildman–Crippen MR) is 83.2 cm³/mol. The van der Waals surface area contributed by atoms with Gasteiger partial charge >= 0.3 is 6.03 Å². The number of amides is 2. The quantitative estimate of drug-likeness (QED) is 0.803. The summed E-state index contributed by atoms with van der Waals surface area (Å²) in [6.07, 6.45) is 2.82. The lowest BCUT2D eigenvalue weighted by atomic mass is 9.93. The Morgan fingerprint density at radius 2 is 2.00 bits per heavy atom. The van der Waals surface area contributed by atoms with E-state index in [0.717, 1.165) is 31.2 Å². The first-order valence-electron chi connectivity index (χ1n) is 7.09. The minimum Gasteiger partial charge on any atom is -0.495 e. The number of halogens is 1. The second kappa shape index (κ2) is 7.00. The molecule has 1 aromatic carbocycles. The van der Waals surface area contributed by atoms with Gasteiger partial charge in [0.05, 0.1) is 18.9 Å². The first kappa shape index (κ1) is 15.9. The predicted octanol–water partition coefficient (Wildman–Crippen LogP) is 3.08. The zero-order valence-electron chi connectivity index (χ0n) is 12.3. The molecule has 1 saturated carbocycles. The van der Waals surface area contributed by atoms with Crippen molar-refractivity contribution in [3.63, 3.8) is 0 Å². The number of aryl methyl sites for hydroxylation is 1. The van der Waals surface area contributed by atoms with E-state index in [9.17, 15) is 9.90 Å². The minimum atomic E-state index is -0.267. The molecule has 1 fully saturated rings. The molecule has 2 amide bonds. The van der Waals surface area contributed by atoms with Crippen LogP contribution in [-0.4, -0.2) is 30.4 Å². The Morgan fingerprint density at radius 1 is 1.33 bits per heavy atom. The number of carbonyl (C=O) groups is 1. The molecule has 1 aromatic rings. The van der Waals surface area contributed by atoms with Gasteiger partial charge in [0.2, 0.25) is 0 Å². The average molecular weight is 313 g/mol. The van der Waals surface area contributed by atoms with Crippen molar-refractivity contribution in [2.24, 2.45) is 0 Å². The largest absolute Gasteiger partial charge is 0.495 e. The summed E-state index contributed by atoms with van der Waals surface area (Å²) in [5.41, 5.74) is 1.46. The number of rotatable bonds is 3. The third-order valence-electron chi connectivity index (χ3n) is 3.76. The molecule has 0 bridgehead atoms. The SMILES string of the molecule is COc1cc(Cl)c(C)cc1NC(=O)NC1CCC(O)CC1. The smallest absolute Gasteiger partial charge is 0.319 e. The molecule has 116 valence electrons.